The zero-order valence-electron chi connectivity index (χ0n) is 10.2. The predicted molar refractivity (Wildman–Crippen MR) is 72.5 cm³/mol. The van der Waals surface area contributed by atoms with Crippen molar-refractivity contribution in [2.75, 3.05) is 30.1 Å². The van der Waals surface area contributed by atoms with Gasteiger partial charge >= 0.3 is 5.97 Å². The maximum absolute atomic E-state index is 12.2. The van der Waals surface area contributed by atoms with Crippen molar-refractivity contribution in [3.63, 3.8) is 0 Å². The van der Waals surface area contributed by atoms with Crippen LogP contribution in [-0.2, 0) is 9.53 Å². The number of aliphatic hydroxyl groups is 1. The average molecular weight is 276 g/mol. The minimum Gasteiger partial charge on any atom is -0.469 e. The third-order valence-electron chi connectivity index (χ3n) is 4.03. The first-order chi connectivity index (χ1) is 8.15. The lowest BCUT2D eigenvalue weighted by atomic mass is 9.66. The fraction of sp³-hybridized carbons (Fsp3) is 0.917. The van der Waals surface area contributed by atoms with E-state index >= 15 is 0 Å². The molecule has 1 N–H and O–H groups in total. The maximum atomic E-state index is 12.2. The first-order valence-electron chi connectivity index (χ1n) is 6.11. The number of rotatable bonds is 2. The summed E-state index contributed by atoms with van der Waals surface area (Å²) >= 11 is 3.62. The van der Waals surface area contributed by atoms with Crippen LogP contribution in [0.1, 0.15) is 25.7 Å². The van der Waals surface area contributed by atoms with Gasteiger partial charge in [-0.2, -0.15) is 23.5 Å². The molecule has 0 saturated carbocycles. The summed E-state index contributed by atoms with van der Waals surface area (Å²) in [5, 5.41) is 10.9. The fourth-order valence-corrected chi connectivity index (χ4v) is 5.37. The molecule has 2 fully saturated rings. The van der Waals surface area contributed by atoms with Gasteiger partial charge in [-0.1, -0.05) is 0 Å². The monoisotopic (exact) mass is 276 g/mol. The van der Waals surface area contributed by atoms with Gasteiger partial charge in [-0.3, -0.25) is 4.79 Å². The minimum atomic E-state index is -0.857. The second kappa shape index (κ2) is 5.41. The Bertz CT molecular complexity index is 281. The Balaban J connectivity index is 2.27. The lowest BCUT2D eigenvalue weighted by Crippen LogP contribution is -2.58. The molecule has 2 aliphatic heterocycles. The molecule has 0 aromatic carbocycles. The van der Waals surface area contributed by atoms with Crippen molar-refractivity contribution < 1.29 is 14.6 Å². The van der Waals surface area contributed by atoms with E-state index in [1.54, 1.807) is 11.8 Å². The average Bonchev–Trinajstić information content (AvgIpc) is 2.39. The van der Waals surface area contributed by atoms with Crippen LogP contribution in [0.4, 0.5) is 0 Å². The summed E-state index contributed by atoms with van der Waals surface area (Å²) in [6, 6.07) is 0. The van der Waals surface area contributed by atoms with Crippen LogP contribution in [0.25, 0.3) is 0 Å². The molecule has 2 rings (SSSR count). The largest absolute Gasteiger partial charge is 0.469 e. The Morgan fingerprint density at radius 1 is 1.18 bits per heavy atom. The van der Waals surface area contributed by atoms with Gasteiger partial charge in [-0.25, -0.2) is 0 Å². The molecule has 0 radical (unpaired) electrons. The first-order valence-corrected chi connectivity index (χ1v) is 8.42. The van der Waals surface area contributed by atoms with E-state index in [-0.39, 0.29) is 5.97 Å². The Kier molecular flexibility index (Phi) is 4.31. The van der Waals surface area contributed by atoms with Crippen molar-refractivity contribution in [2.24, 2.45) is 5.41 Å². The first kappa shape index (κ1) is 13.6. The van der Waals surface area contributed by atoms with Crippen molar-refractivity contribution in [3.05, 3.63) is 0 Å². The van der Waals surface area contributed by atoms with Gasteiger partial charge in [-0.05, 0) is 42.9 Å². The van der Waals surface area contributed by atoms with Gasteiger partial charge in [0.2, 0.25) is 0 Å². The van der Waals surface area contributed by atoms with Crippen LogP contribution in [0.15, 0.2) is 0 Å². The highest BCUT2D eigenvalue weighted by Gasteiger charge is 2.56. The number of hydrogen-bond donors (Lipinski definition) is 1. The molecule has 98 valence electrons. The zero-order chi connectivity index (χ0) is 12.4. The van der Waals surface area contributed by atoms with Gasteiger partial charge in [0.05, 0.1) is 18.1 Å². The zero-order valence-corrected chi connectivity index (χ0v) is 11.9. The summed E-state index contributed by atoms with van der Waals surface area (Å²) in [6.07, 6.45) is 3.23. The normalized spacial score (nSPS) is 33.1. The molecule has 0 amide bonds. The summed E-state index contributed by atoms with van der Waals surface area (Å²) in [6.45, 7) is 0. The Morgan fingerprint density at radius 3 is 2.41 bits per heavy atom. The highest BCUT2D eigenvalue weighted by molar-refractivity contribution is 7.99. The summed E-state index contributed by atoms with van der Waals surface area (Å²) in [5.74, 6) is 3.45. The van der Waals surface area contributed by atoms with Gasteiger partial charge < -0.3 is 9.84 Å². The molecule has 0 aromatic heterocycles. The summed E-state index contributed by atoms with van der Waals surface area (Å²) < 4.78 is 4.99. The van der Waals surface area contributed by atoms with Crippen molar-refractivity contribution in [2.45, 2.75) is 31.3 Å². The van der Waals surface area contributed by atoms with Crippen molar-refractivity contribution in [1.29, 1.82) is 0 Å². The van der Waals surface area contributed by atoms with Gasteiger partial charge in [0.15, 0.2) is 0 Å². The number of ether oxygens (including phenoxy) is 1. The standard InChI is InChI=1S/C12H20O3S2/c1-15-10(13)11(4-7-16-8-5-11)12(14)3-2-6-17-9-12/h14H,2-9H2,1H3. The van der Waals surface area contributed by atoms with Crippen LogP contribution in [-0.4, -0.2) is 46.8 Å². The maximum Gasteiger partial charge on any atom is 0.314 e. The molecule has 1 unspecified atom stereocenters. The van der Waals surface area contributed by atoms with Crippen molar-refractivity contribution >= 4 is 29.5 Å². The quantitative estimate of drug-likeness (QED) is 0.781. The third-order valence-corrected chi connectivity index (χ3v) is 6.28. The fourth-order valence-electron chi connectivity index (χ4n) is 2.93. The Hall–Kier alpha value is 0.130. The van der Waals surface area contributed by atoms with Gasteiger partial charge in [0.25, 0.3) is 0 Å². The highest BCUT2D eigenvalue weighted by Crippen LogP contribution is 2.49. The molecule has 5 heteroatoms. The van der Waals surface area contributed by atoms with E-state index in [1.165, 1.54) is 7.11 Å². The molecule has 2 saturated heterocycles. The van der Waals surface area contributed by atoms with E-state index in [2.05, 4.69) is 0 Å². The van der Waals surface area contributed by atoms with Gasteiger partial charge in [0, 0.05) is 5.75 Å². The van der Waals surface area contributed by atoms with E-state index in [4.69, 9.17) is 4.74 Å². The number of methoxy groups -OCH3 is 1. The molecule has 2 heterocycles. The van der Waals surface area contributed by atoms with Crippen LogP contribution in [0, 0.1) is 5.41 Å². The van der Waals surface area contributed by atoms with E-state index in [0.29, 0.717) is 5.75 Å². The van der Waals surface area contributed by atoms with Crippen LogP contribution >= 0.6 is 23.5 Å². The van der Waals surface area contributed by atoms with Crippen LogP contribution in [0.3, 0.4) is 0 Å². The summed E-state index contributed by atoms with van der Waals surface area (Å²) in [5.41, 5.74) is -1.51. The molecule has 17 heavy (non-hydrogen) atoms. The van der Waals surface area contributed by atoms with Crippen molar-refractivity contribution in [3.8, 4) is 0 Å². The van der Waals surface area contributed by atoms with E-state index in [1.807, 2.05) is 11.8 Å². The van der Waals surface area contributed by atoms with E-state index in [9.17, 15) is 9.90 Å². The Morgan fingerprint density at radius 2 is 1.88 bits per heavy atom. The summed E-state index contributed by atoms with van der Waals surface area (Å²) in [7, 11) is 1.44. The molecule has 2 aliphatic rings. The molecule has 1 atom stereocenters. The number of carbonyl (C=O) groups is 1. The second-order valence-electron chi connectivity index (χ2n) is 4.87. The SMILES string of the molecule is COC(=O)C1(C2(O)CCCSC2)CCSCC1. The van der Waals surface area contributed by atoms with Crippen LogP contribution in [0.2, 0.25) is 0 Å². The topological polar surface area (TPSA) is 46.5 Å². The highest BCUT2D eigenvalue weighted by atomic mass is 32.2. The van der Waals surface area contributed by atoms with E-state index < -0.39 is 11.0 Å². The molecule has 0 bridgehead atoms. The van der Waals surface area contributed by atoms with Gasteiger partial charge in [0.1, 0.15) is 0 Å². The lowest BCUT2D eigenvalue weighted by Gasteiger charge is -2.48. The third kappa shape index (κ3) is 2.34. The number of hydrogen-bond acceptors (Lipinski definition) is 5. The predicted octanol–water partition coefficient (Wildman–Crippen LogP) is 1.93. The molecule has 0 aromatic rings. The number of thioether (sulfide) groups is 2. The molecular formula is C12H20O3S2. The smallest absolute Gasteiger partial charge is 0.314 e. The Labute approximate surface area is 111 Å². The minimum absolute atomic E-state index is 0.206. The van der Waals surface area contributed by atoms with E-state index in [0.717, 1.165) is 42.9 Å². The second-order valence-corrected chi connectivity index (χ2v) is 7.20. The molecule has 3 nitrogen and oxygen atoms in total. The molecule has 0 spiro atoms. The molecular weight excluding hydrogens is 256 g/mol. The summed E-state index contributed by atoms with van der Waals surface area (Å²) in [4.78, 5) is 12.2. The lowest BCUT2D eigenvalue weighted by molar-refractivity contribution is -0.173. The van der Waals surface area contributed by atoms with Crippen molar-refractivity contribution in [1.82, 2.24) is 0 Å². The van der Waals surface area contributed by atoms with Gasteiger partial charge in [-0.15, -0.1) is 0 Å². The van der Waals surface area contributed by atoms with Crippen LogP contribution in [0.5, 0.6) is 0 Å². The molecule has 0 aliphatic carbocycles. The number of carbonyl (C=O) groups excluding carboxylic acids is 1. The van der Waals surface area contributed by atoms with Crippen LogP contribution < -0.4 is 0 Å². The number of esters is 1.